The molecule has 0 bridgehead atoms. The summed E-state index contributed by atoms with van der Waals surface area (Å²) in [6.07, 6.45) is 4.71. The zero-order chi connectivity index (χ0) is 22.3. The third kappa shape index (κ3) is 5.16. The van der Waals surface area contributed by atoms with Crippen molar-refractivity contribution in [3.05, 3.63) is 83.8 Å². The topological polar surface area (TPSA) is 89.0 Å². The van der Waals surface area contributed by atoms with E-state index in [2.05, 4.69) is 37.6 Å². The molecule has 1 aliphatic heterocycles. The van der Waals surface area contributed by atoms with Gasteiger partial charge in [-0.1, -0.05) is 42.5 Å². The minimum atomic E-state index is -0.503. The minimum absolute atomic E-state index is 0.149. The number of carbonyl (C=O) groups excluding carboxylic acids is 1. The Kier molecular flexibility index (Phi) is 6.83. The first-order valence-corrected chi connectivity index (χ1v) is 10.9. The van der Waals surface area contributed by atoms with E-state index in [1.165, 1.54) is 5.56 Å². The molecule has 32 heavy (non-hydrogen) atoms. The molecular weight excluding hydrogens is 400 g/mol. The van der Waals surface area contributed by atoms with E-state index in [4.69, 9.17) is 11.0 Å². The predicted molar refractivity (Wildman–Crippen MR) is 123 cm³/mol. The number of rotatable bonds is 8. The van der Waals surface area contributed by atoms with Gasteiger partial charge in [-0.05, 0) is 29.7 Å². The Bertz CT molecular complexity index is 1060. The molecule has 1 N–H and O–H groups in total. The van der Waals surface area contributed by atoms with Crippen molar-refractivity contribution in [1.29, 1.82) is 5.26 Å². The van der Waals surface area contributed by atoms with Crippen molar-refractivity contribution in [1.82, 2.24) is 20.2 Å². The smallest absolute Gasteiger partial charge is 0.238 e. The quantitative estimate of drug-likeness (QED) is 0.551. The van der Waals surface area contributed by atoms with E-state index in [1.807, 2.05) is 55.0 Å². The molecule has 0 aliphatic carbocycles. The standard InChI is InChI=1S/C25H27N6O/c26-16-20-6-8-21(9-7-20)18-31-19-28-17-25(31)30-14-12-29(13-15-30)23(10-11-24(27)32)22-4-2-1-3-5-22/h1-9,17,19,23,27H,10-15,18H2. The average Bonchev–Trinajstić information content (AvgIpc) is 3.29. The van der Waals surface area contributed by atoms with Gasteiger partial charge in [-0.25, -0.2) is 4.98 Å². The van der Waals surface area contributed by atoms with Crippen LogP contribution in [0.4, 0.5) is 5.82 Å². The van der Waals surface area contributed by atoms with Gasteiger partial charge in [0.25, 0.3) is 0 Å². The Hall–Kier alpha value is -3.63. The normalized spacial score (nSPS) is 15.3. The molecule has 1 aromatic heterocycles. The van der Waals surface area contributed by atoms with Crippen molar-refractivity contribution in [2.24, 2.45) is 0 Å². The summed E-state index contributed by atoms with van der Waals surface area (Å²) in [5, 5.41) is 8.99. The van der Waals surface area contributed by atoms with Gasteiger partial charge in [0.15, 0.2) is 0 Å². The first-order chi connectivity index (χ1) is 15.6. The van der Waals surface area contributed by atoms with Gasteiger partial charge in [0.05, 0.1) is 30.7 Å². The van der Waals surface area contributed by atoms with E-state index < -0.39 is 5.91 Å². The number of hydrogen-bond acceptors (Lipinski definition) is 5. The van der Waals surface area contributed by atoms with Gasteiger partial charge in [-0.2, -0.15) is 5.26 Å². The maximum atomic E-state index is 11.3. The van der Waals surface area contributed by atoms with E-state index in [1.54, 1.807) is 0 Å². The SMILES string of the molecule is N#Cc1ccc(Cn2cncc2N2CCN(C(CCC([NH])=O)c3ccccc3)CC2)cc1. The molecule has 2 heterocycles. The lowest BCUT2D eigenvalue weighted by Gasteiger charge is -2.40. The monoisotopic (exact) mass is 427 g/mol. The fourth-order valence-corrected chi connectivity index (χ4v) is 4.35. The van der Waals surface area contributed by atoms with Crippen LogP contribution in [0.15, 0.2) is 67.1 Å². The Balaban J connectivity index is 1.42. The van der Waals surface area contributed by atoms with Crippen LogP contribution in [0.2, 0.25) is 0 Å². The van der Waals surface area contributed by atoms with Crippen molar-refractivity contribution >= 4 is 11.7 Å². The number of amides is 1. The lowest BCUT2D eigenvalue weighted by molar-refractivity contribution is -0.119. The average molecular weight is 428 g/mol. The van der Waals surface area contributed by atoms with Gasteiger partial charge in [0.2, 0.25) is 5.91 Å². The predicted octanol–water partition coefficient (Wildman–Crippen LogP) is 3.26. The van der Waals surface area contributed by atoms with Crippen LogP contribution in [0.25, 0.3) is 0 Å². The van der Waals surface area contributed by atoms with Crippen LogP contribution in [0.3, 0.4) is 0 Å². The van der Waals surface area contributed by atoms with Crippen LogP contribution in [-0.4, -0.2) is 46.5 Å². The third-order valence-electron chi connectivity index (χ3n) is 6.03. The summed E-state index contributed by atoms with van der Waals surface area (Å²) in [4.78, 5) is 20.5. The molecule has 1 amide bonds. The van der Waals surface area contributed by atoms with Crippen molar-refractivity contribution in [3.8, 4) is 6.07 Å². The largest absolute Gasteiger partial charge is 0.354 e. The summed E-state index contributed by atoms with van der Waals surface area (Å²) < 4.78 is 2.14. The highest BCUT2D eigenvalue weighted by atomic mass is 16.1. The molecular formula is C25H27N6O. The molecule has 2 aromatic carbocycles. The van der Waals surface area contributed by atoms with Crippen LogP contribution in [0.5, 0.6) is 0 Å². The van der Waals surface area contributed by atoms with Gasteiger partial charge in [0, 0.05) is 38.6 Å². The van der Waals surface area contributed by atoms with Gasteiger partial charge in [0.1, 0.15) is 5.82 Å². The number of nitriles is 1. The van der Waals surface area contributed by atoms with Crippen LogP contribution in [0.1, 0.15) is 35.6 Å². The molecule has 1 atom stereocenters. The van der Waals surface area contributed by atoms with Crippen LogP contribution >= 0.6 is 0 Å². The molecule has 7 nitrogen and oxygen atoms in total. The number of aromatic nitrogens is 2. The zero-order valence-electron chi connectivity index (χ0n) is 18.0. The van der Waals surface area contributed by atoms with E-state index in [0.29, 0.717) is 18.5 Å². The summed E-state index contributed by atoms with van der Waals surface area (Å²) >= 11 is 0. The molecule has 7 heteroatoms. The minimum Gasteiger partial charge on any atom is -0.354 e. The molecule has 0 saturated carbocycles. The summed E-state index contributed by atoms with van der Waals surface area (Å²) in [5.74, 6) is 0.586. The maximum Gasteiger partial charge on any atom is 0.238 e. The number of hydrogen-bond donors (Lipinski definition) is 0. The lowest BCUT2D eigenvalue weighted by Crippen LogP contribution is -2.48. The van der Waals surface area contributed by atoms with E-state index in [9.17, 15) is 4.79 Å². The fourth-order valence-electron chi connectivity index (χ4n) is 4.35. The maximum absolute atomic E-state index is 11.3. The molecule has 3 aromatic rings. The lowest BCUT2D eigenvalue weighted by atomic mass is 9.99. The van der Waals surface area contributed by atoms with Gasteiger partial charge >= 0.3 is 0 Å². The number of piperazine rings is 1. The molecule has 1 unspecified atom stereocenters. The Morgan fingerprint density at radius 1 is 1.06 bits per heavy atom. The second-order valence-electron chi connectivity index (χ2n) is 8.10. The highest BCUT2D eigenvalue weighted by molar-refractivity contribution is 5.72. The molecule has 1 saturated heterocycles. The molecule has 1 aliphatic rings. The second kappa shape index (κ2) is 10.1. The molecule has 163 valence electrons. The molecule has 0 spiro atoms. The van der Waals surface area contributed by atoms with Crippen LogP contribution in [0, 0.1) is 11.3 Å². The molecule has 1 fully saturated rings. The zero-order valence-corrected chi connectivity index (χ0v) is 18.0. The molecule has 1 radical (unpaired) electrons. The Labute approximate surface area is 188 Å². The van der Waals surface area contributed by atoms with Crippen molar-refractivity contribution in [2.45, 2.75) is 25.4 Å². The summed E-state index contributed by atoms with van der Waals surface area (Å²) in [7, 11) is 0. The number of carbonyl (C=O) groups is 1. The van der Waals surface area contributed by atoms with Crippen molar-refractivity contribution in [2.75, 3.05) is 31.1 Å². The van der Waals surface area contributed by atoms with Gasteiger partial charge in [-0.3, -0.25) is 15.4 Å². The van der Waals surface area contributed by atoms with E-state index in [0.717, 1.165) is 37.6 Å². The highest BCUT2D eigenvalue weighted by Gasteiger charge is 2.26. The van der Waals surface area contributed by atoms with Crippen molar-refractivity contribution in [3.63, 3.8) is 0 Å². The third-order valence-corrected chi connectivity index (χ3v) is 6.03. The van der Waals surface area contributed by atoms with E-state index >= 15 is 0 Å². The number of imidazole rings is 1. The number of nitrogens with one attached hydrogen (secondary N) is 1. The first kappa shape index (κ1) is 21.6. The van der Waals surface area contributed by atoms with Gasteiger partial charge in [-0.15, -0.1) is 0 Å². The fraction of sp³-hybridized carbons (Fsp3) is 0.320. The van der Waals surface area contributed by atoms with Crippen molar-refractivity contribution < 1.29 is 4.79 Å². The summed E-state index contributed by atoms with van der Waals surface area (Å²) in [6, 6.07) is 20.2. The summed E-state index contributed by atoms with van der Waals surface area (Å²) in [5.41, 5.74) is 10.3. The Morgan fingerprint density at radius 2 is 1.78 bits per heavy atom. The van der Waals surface area contributed by atoms with Gasteiger partial charge < -0.3 is 9.47 Å². The first-order valence-electron chi connectivity index (χ1n) is 10.9. The van der Waals surface area contributed by atoms with E-state index in [-0.39, 0.29) is 12.5 Å². The summed E-state index contributed by atoms with van der Waals surface area (Å²) in [6.45, 7) is 4.22. The molecule has 4 rings (SSSR count). The number of benzene rings is 2. The Morgan fingerprint density at radius 3 is 2.44 bits per heavy atom. The van der Waals surface area contributed by atoms with Crippen LogP contribution < -0.4 is 10.6 Å². The number of nitrogens with zero attached hydrogens (tertiary/aromatic N) is 5. The highest BCUT2D eigenvalue weighted by Crippen LogP contribution is 2.28. The number of anilines is 1. The van der Waals surface area contributed by atoms with Crippen LogP contribution in [-0.2, 0) is 11.3 Å². The second-order valence-corrected chi connectivity index (χ2v) is 8.10.